The number of hydrogen-bond donors (Lipinski definition) is 2. The molecule has 1 fully saturated rings. The Hall–Kier alpha value is 0.451. The normalized spacial score (nSPS) is 39.0. The molecule has 1 saturated heterocycles. The molecule has 5 nitrogen and oxygen atoms in total. The molecule has 17 heavy (non-hydrogen) atoms. The van der Waals surface area contributed by atoms with Gasteiger partial charge in [0.05, 0.1) is 0 Å². The maximum absolute atomic E-state index is 6.20. The highest BCUT2D eigenvalue weighted by molar-refractivity contribution is 6.86. The molecule has 8 heteroatoms. The summed E-state index contributed by atoms with van der Waals surface area (Å²) in [5.74, 6) is 0. The predicted molar refractivity (Wildman–Crippen MR) is 76.0 cm³/mol. The van der Waals surface area contributed by atoms with Gasteiger partial charge in [-0.3, -0.25) is 9.96 Å². The summed E-state index contributed by atoms with van der Waals surface area (Å²) >= 11 is 0. The van der Waals surface area contributed by atoms with Gasteiger partial charge in [0, 0.05) is 0 Å². The Balaban J connectivity index is 2.76. The first-order valence-electron chi connectivity index (χ1n) is 6.25. The minimum atomic E-state index is -2.28. The van der Waals surface area contributed by atoms with Gasteiger partial charge in [0.2, 0.25) is 0 Å². The summed E-state index contributed by atoms with van der Waals surface area (Å²) in [6, 6.07) is 0.728. The molecule has 0 aromatic heterocycles. The van der Waals surface area contributed by atoms with Gasteiger partial charge in [-0.05, 0) is 31.7 Å². The van der Waals surface area contributed by atoms with Crippen LogP contribution in [0.15, 0.2) is 0 Å². The molecule has 0 aliphatic carbocycles. The molecule has 1 aliphatic rings. The van der Waals surface area contributed by atoms with Gasteiger partial charge in [-0.1, -0.05) is 27.7 Å². The molecule has 102 valence electrons. The molecule has 0 amide bonds. The van der Waals surface area contributed by atoms with Crippen LogP contribution in [-0.4, -0.2) is 38.8 Å². The van der Waals surface area contributed by atoms with Gasteiger partial charge < -0.3 is 12.3 Å². The van der Waals surface area contributed by atoms with Crippen LogP contribution >= 0.6 is 0 Å². The van der Waals surface area contributed by atoms with E-state index in [-0.39, 0.29) is 0 Å². The van der Waals surface area contributed by atoms with E-state index in [1.165, 1.54) is 0 Å². The van der Waals surface area contributed by atoms with E-state index in [2.05, 4.69) is 57.3 Å². The molecule has 1 heterocycles. The molecule has 2 unspecified atom stereocenters. The van der Waals surface area contributed by atoms with E-state index in [1.807, 2.05) is 0 Å². The Labute approximate surface area is 109 Å². The van der Waals surface area contributed by atoms with Gasteiger partial charge >= 0.3 is 26.7 Å². The van der Waals surface area contributed by atoms with Gasteiger partial charge in [0.15, 0.2) is 0 Å². The molecule has 1 aliphatic heterocycles. The monoisotopic (exact) mass is 294 g/mol. The van der Waals surface area contributed by atoms with E-state index < -0.39 is 26.7 Å². The van der Waals surface area contributed by atoms with Crippen LogP contribution in [0.25, 0.3) is 0 Å². The van der Waals surface area contributed by atoms with Crippen LogP contribution in [0.4, 0.5) is 0 Å². The standard InChI is InChI=1S/C9H26N2O3Si3/c1-8(2)10-16(6)12-15(5)13-17(7,14-16)11-9(3)4/h8-11,15H,1-7H3. The van der Waals surface area contributed by atoms with Crippen molar-refractivity contribution in [2.75, 3.05) is 0 Å². The average molecular weight is 295 g/mol. The summed E-state index contributed by atoms with van der Waals surface area (Å²) in [5, 5.41) is 0. The predicted octanol–water partition coefficient (Wildman–Crippen LogP) is 1.03. The lowest BCUT2D eigenvalue weighted by atomic mass is 10.4. The zero-order valence-corrected chi connectivity index (χ0v) is 15.1. The Morgan fingerprint density at radius 3 is 1.53 bits per heavy atom. The third kappa shape index (κ3) is 4.91. The maximum atomic E-state index is 6.20. The third-order valence-electron chi connectivity index (χ3n) is 2.27. The lowest BCUT2D eigenvalue weighted by molar-refractivity contribution is 0.219. The van der Waals surface area contributed by atoms with Crippen LogP contribution in [0.2, 0.25) is 19.6 Å². The van der Waals surface area contributed by atoms with Crippen LogP contribution in [0.5, 0.6) is 0 Å². The zero-order valence-electron chi connectivity index (χ0n) is 12.0. The summed E-state index contributed by atoms with van der Waals surface area (Å²) < 4.78 is 18.2. The highest BCUT2D eigenvalue weighted by atomic mass is 28.5. The topological polar surface area (TPSA) is 51.8 Å². The van der Waals surface area contributed by atoms with Crippen LogP contribution in [-0.2, 0) is 12.3 Å². The Morgan fingerprint density at radius 1 is 0.882 bits per heavy atom. The van der Waals surface area contributed by atoms with Crippen molar-refractivity contribution >= 4 is 26.7 Å². The van der Waals surface area contributed by atoms with Crippen molar-refractivity contribution in [3.63, 3.8) is 0 Å². The number of nitrogens with one attached hydrogen (secondary N) is 2. The van der Waals surface area contributed by atoms with Crippen LogP contribution < -0.4 is 9.96 Å². The van der Waals surface area contributed by atoms with Gasteiger partial charge in [0.25, 0.3) is 0 Å². The lowest BCUT2D eigenvalue weighted by Gasteiger charge is -2.45. The Kier molecular flexibility index (Phi) is 5.12. The second kappa shape index (κ2) is 5.61. The van der Waals surface area contributed by atoms with E-state index in [0.717, 1.165) is 0 Å². The van der Waals surface area contributed by atoms with E-state index in [0.29, 0.717) is 12.1 Å². The molecular formula is C9H26N2O3Si3. The molecule has 0 aromatic carbocycles. The summed E-state index contributed by atoms with van der Waals surface area (Å²) in [5.41, 5.74) is 0. The highest BCUT2D eigenvalue weighted by Crippen LogP contribution is 2.22. The fourth-order valence-electron chi connectivity index (χ4n) is 2.25. The SMILES string of the molecule is CC(C)N[Si]1(C)O[SiH](C)O[Si](C)(NC(C)C)O1. The molecule has 2 N–H and O–H groups in total. The van der Waals surface area contributed by atoms with Crippen molar-refractivity contribution in [3.8, 4) is 0 Å². The molecule has 0 aromatic rings. The quantitative estimate of drug-likeness (QED) is 0.759. The molecule has 0 radical (unpaired) electrons. The van der Waals surface area contributed by atoms with E-state index in [4.69, 9.17) is 12.3 Å². The average Bonchev–Trinajstić information content (AvgIpc) is 1.92. The van der Waals surface area contributed by atoms with Gasteiger partial charge in [0.1, 0.15) is 0 Å². The van der Waals surface area contributed by atoms with Gasteiger partial charge in [-0.25, -0.2) is 0 Å². The van der Waals surface area contributed by atoms with Crippen LogP contribution in [0, 0.1) is 0 Å². The number of rotatable bonds is 4. The van der Waals surface area contributed by atoms with E-state index in [1.54, 1.807) is 0 Å². The zero-order chi connectivity index (χ0) is 13.3. The lowest BCUT2D eigenvalue weighted by Crippen LogP contribution is -2.74. The fraction of sp³-hybridized carbons (Fsp3) is 1.00. The Bertz CT molecular complexity index is 238. The van der Waals surface area contributed by atoms with Crippen molar-refractivity contribution in [2.24, 2.45) is 0 Å². The molecule has 0 spiro atoms. The van der Waals surface area contributed by atoms with Crippen LogP contribution in [0.1, 0.15) is 27.7 Å². The molecular weight excluding hydrogens is 268 g/mol. The van der Waals surface area contributed by atoms with Gasteiger partial charge in [-0.15, -0.1) is 0 Å². The molecule has 0 saturated carbocycles. The highest BCUT2D eigenvalue weighted by Gasteiger charge is 2.51. The summed E-state index contributed by atoms with van der Waals surface area (Å²) in [6.07, 6.45) is 0. The first kappa shape index (κ1) is 15.5. The second-order valence-electron chi connectivity index (χ2n) is 5.39. The van der Waals surface area contributed by atoms with E-state index in [9.17, 15) is 0 Å². The minimum absolute atomic E-state index is 0.364. The van der Waals surface area contributed by atoms with Crippen molar-refractivity contribution in [2.45, 2.75) is 59.4 Å². The number of hydrogen-bond acceptors (Lipinski definition) is 5. The fourth-order valence-corrected chi connectivity index (χ4v) is 15.3. The van der Waals surface area contributed by atoms with Crippen molar-refractivity contribution < 1.29 is 12.3 Å². The molecule has 2 atom stereocenters. The minimum Gasteiger partial charge on any atom is -0.406 e. The molecule has 0 bridgehead atoms. The Morgan fingerprint density at radius 2 is 1.24 bits per heavy atom. The summed E-state index contributed by atoms with van der Waals surface area (Å²) in [4.78, 5) is 6.92. The van der Waals surface area contributed by atoms with E-state index >= 15 is 0 Å². The first-order valence-corrected chi connectivity index (χ1v) is 13.0. The van der Waals surface area contributed by atoms with Gasteiger partial charge in [-0.2, -0.15) is 0 Å². The first-order chi connectivity index (χ1) is 7.64. The van der Waals surface area contributed by atoms with Crippen molar-refractivity contribution in [1.29, 1.82) is 0 Å². The van der Waals surface area contributed by atoms with Crippen molar-refractivity contribution in [3.05, 3.63) is 0 Å². The summed E-state index contributed by atoms with van der Waals surface area (Å²) in [6.45, 7) is 14.7. The van der Waals surface area contributed by atoms with Crippen molar-refractivity contribution in [1.82, 2.24) is 9.96 Å². The largest absolute Gasteiger partial charge is 0.406 e. The maximum Gasteiger partial charge on any atom is 0.404 e. The smallest absolute Gasteiger partial charge is 0.404 e. The summed E-state index contributed by atoms with van der Waals surface area (Å²) in [7, 11) is -6.15. The third-order valence-corrected chi connectivity index (χ3v) is 13.8. The van der Waals surface area contributed by atoms with Crippen LogP contribution in [0.3, 0.4) is 0 Å². The molecule has 1 rings (SSSR count). The second-order valence-corrected chi connectivity index (χ2v) is 13.6.